The number of carboxylic acids is 1. The van der Waals surface area contributed by atoms with Crippen molar-refractivity contribution in [1.82, 2.24) is 0 Å². The van der Waals surface area contributed by atoms with E-state index in [1.807, 2.05) is 12.2 Å². The number of carbonyl (C=O) groups is 1. The van der Waals surface area contributed by atoms with E-state index in [1.165, 1.54) is 0 Å². The van der Waals surface area contributed by atoms with Gasteiger partial charge in [-0.25, -0.2) is 0 Å². The van der Waals surface area contributed by atoms with Gasteiger partial charge in [-0.15, -0.1) is 0 Å². The summed E-state index contributed by atoms with van der Waals surface area (Å²) in [6.45, 7) is 2.10. The zero-order chi connectivity index (χ0) is 16.2. The second-order valence-corrected chi connectivity index (χ2v) is 5.87. The van der Waals surface area contributed by atoms with Crippen LogP contribution in [0.25, 0.3) is 0 Å². The topological polar surface area (TPSA) is 70.1 Å². The van der Waals surface area contributed by atoms with Crippen molar-refractivity contribution in [3.8, 4) is 0 Å². The minimum Gasteiger partial charge on any atom is -0.481 e. The van der Waals surface area contributed by atoms with Gasteiger partial charge in [0.05, 0.1) is 6.10 Å². The molecule has 0 saturated carbocycles. The third-order valence-electron chi connectivity index (χ3n) is 3.82. The Morgan fingerprint density at radius 2 is 1.86 bits per heavy atom. The quantitative estimate of drug-likeness (QED) is 0.308. The van der Waals surface area contributed by atoms with E-state index in [2.05, 4.69) is 19.1 Å². The van der Waals surface area contributed by atoms with Crippen LogP contribution in [0.15, 0.2) is 24.3 Å². The molecule has 0 aromatic heterocycles. The molecule has 0 radical (unpaired) electrons. The molecule has 0 aromatic rings. The molecule has 0 unspecified atom stereocenters. The third-order valence-corrected chi connectivity index (χ3v) is 3.82. The van der Waals surface area contributed by atoms with E-state index in [4.69, 9.17) is 9.84 Å². The Kier molecular flexibility index (Phi) is 9.84. The molecule has 2 N–H and O–H groups in total. The molecule has 4 nitrogen and oxygen atoms in total. The molecule has 0 bridgehead atoms. The second-order valence-electron chi connectivity index (χ2n) is 5.87. The Morgan fingerprint density at radius 3 is 2.59 bits per heavy atom. The third kappa shape index (κ3) is 9.00. The van der Waals surface area contributed by atoms with Crippen LogP contribution in [0, 0.1) is 0 Å². The van der Waals surface area contributed by atoms with Gasteiger partial charge < -0.3 is 14.9 Å². The number of aliphatic hydroxyl groups is 1. The summed E-state index contributed by atoms with van der Waals surface area (Å²) in [6.07, 6.45) is 16.0. The van der Waals surface area contributed by atoms with Crippen LogP contribution in [0.3, 0.4) is 0 Å². The van der Waals surface area contributed by atoms with Crippen molar-refractivity contribution < 1.29 is 19.7 Å². The number of hydrogen-bond donors (Lipinski definition) is 2. The van der Waals surface area contributed by atoms with Gasteiger partial charge in [-0.3, -0.25) is 4.79 Å². The number of aliphatic carboxylic acids is 1. The Hall–Kier alpha value is -1.13. The summed E-state index contributed by atoms with van der Waals surface area (Å²) >= 11 is 0. The van der Waals surface area contributed by atoms with Gasteiger partial charge in [0.25, 0.3) is 0 Å². The van der Waals surface area contributed by atoms with E-state index in [-0.39, 0.29) is 18.6 Å². The van der Waals surface area contributed by atoms with Crippen LogP contribution in [-0.2, 0) is 9.53 Å². The number of allylic oxidation sites excluding steroid dienone is 2. The normalized spacial score (nSPS) is 22.5. The standard InChI is InChI=1S/C18H30O4/c1-2-3-9-13-16-18(22-16)15(19)12-10-7-5-4-6-8-11-14-17(20)21/h3,9-10,12,15-16,18-19H,2,4-8,11,13-14H2,1H3,(H,20,21)/b9-3-,12-10-/t15-,16-,18-/m0/s1. The lowest BCUT2D eigenvalue weighted by Gasteiger charge is -2.01. The highest BCUT2D eigenvalue weighted by atomic mass is 16.6. The highest BCUT2D eigenvalue weighted by Gasteiger charge is 2.42. The highest BCUT2D eigenvalue weighted by molar-refractivity contribution is 5.66. The summed E-state index contributed by atoms with van der Waals surface area (Å²) in [5.41, 5.74) is 0. The van der Waals surface area contributed by atoms with E-state index >= 15 is 0 Å². The lowest BCUT2D eigenvalue weighted by molar-refractivity contribution is -0.137. The van der Waals surface area contributed by atoms with E-state index in [1.54, 1.807) is 0 Å². The van der Waals surface area contributed by atoms with Crippen molar-refractivity contribution in [2.45, 2.75) is 83.0 Å². The summed E-state index contributed by atoms with van der Waals surface area (Å²) in [7, 11) is 0. The molecule has 126 valence electrons. The first-order valence-corrected chi connectivity index (χ1v) is 8.52. The average molecular weight is 310 g/mol. The Balaban J connectivity index is 1.95. The molecule has 0 aliphatic carbocycles. The van der Waals surface area contributed by atoms with Gasteiger partial charge >= 0.3 is 5.97 Å². The molecule has 1 aliphatic rings. The van der Waals surface area contributed by atoms with E-state index in [9.17, 15) is 9.90 Å². The van der Waals surface area contributed by atoms with Crippen molar-refractivity contribution in [3.63, 3.8) is 0 Å². The lowest BCUT2D eigenvalue weighted by Crippen LogP contribution is -2.13. The molecule has 0 spiro atoms. The van der Waals surface area contributed by atoms with Crippen LogP contribution in [0.1, 0.15) is 64.7 Å². The molecule has 1 heterocycles. The second kappa shape index (κ2) is 11.4. The predicted molar refractivity (Wildman–Crippen MR) is 87.8 cm³/mol. The SMILES string of the molecule is CC/C=C\C[C@@H]1O[C@H]1[C@@H](O)/C=C\CCCCCCCC(=O)O. The van der Waals surface area contributed by atoms with Crippen LogP contribution < -0.4 is 0 Å². The summed E-state index contributed by atoms with van der Waals surface area (Å²) in [5, 5.41) is 18.5. The van der Waals surface area contributed by atoms with Gasteiger partial charge in [0.2, 0.25) is 0 Å². The summed E-state index contributed by atoms with van der Waals surface area (Å²) < 4.78 is 5.47. The maximum absolute atomic E-state index is 10.3. The summed E-state index contributed by atoms with van der Waals surface area (Å²) in [4.78, 5) is 10.3. The van der Waals surface area contributed by atoms with Gasteiger partial charge in [-0.1, -0.05) is 50.5 Å². The predicted octanol–water partition coefficient (Wildman–Crippen LogP) is 3.84. The molecule has 1 fully saturated rings. The van der Waals surface area contributed by atoms with Crippen LogP contribution in [0.2, 0.25) is 0 Å². The Morgan fingerprint density at radius 1 is 1.14 bits per heavy atom. The largest absolute Gasteiger partial charge is 0.481 e. The number of ether oxygens (including phenoxy) is 1. The number of epoxide rings is 1. The van der Waals surface area contributed by atoms with Crippen molar-refractivity contribution >= 4 is 5.97 Å². The van der Waals surface area contributed by atoms with Crippen LogP contribution >= 0.6 is 0 Å². The maximum atomic E-state index is 10.3. The summed E-state index contributed by atoms with van der Waals surface area (Å²) in [5.74, 6) is -0.706. The fourth-order valence-corrected chi connectivity index (χ4v) is 2.46. The van der Waals surface area contributed by atoms with Gasteiger partial charge in [-0.2, -0.15) is 0 Å². The molecule has 3 atom stereocenters. The molecular weight excluding hydrogens is 280 g/mol. The number of rotatable bonds is 13. The number of unbranched alkanes of at least 4 members (excludes halogenated alkanes) is 5. The molecule has 0 aromatic carbocycles. The highest BCUT2D eigenvalue weighted by Crippen LogP contribution is 2.29. The molecule has 4 heteroatoms. The number of aliphatic hydroxyl groups excluding tert-OH is 1. The van der Waals surface area contributed by atoms with Crippen molar-refractivity contribution in [3.05, 3.63) is 24.3 Å². The fraction of sp³-hybridized carbons (Fsp3) is 0.722. The van der Waals surface area contributed by atoms with Crippen LogP contribution in [-0.4, -0.2) is 34.5 Å². The lowest BCUT2D eigenvalue weighted by atomic mass is 10.1. The Labute approximate surface area is 133 Å². The van der Waals surface area contributed by atoms with Crippen molar-refractivity contribution in [1.29, 1.82) is 0 Å². The molecule has 22 heavy (non-hydrogen) atoms. The van der Waals surface area contributed by atoms with Crippen LogP contribution in [0.5, 0.6) is 0 Å². The first-order chi connectivity index (χ1) is 10.6. The molecule has 1 aliphatic heterocycles. The first kappa shape index (κ1) is 18.9. The van der Waals surface area contributed by atoms with Gasteiger partial charge in [0, 0.05) is 6.42 Å². The summed E-state index contributed by atoms with van der Waals surface area (Å²) in [6, 6.07) is 0. The molecular formula is C18H30O4. The van der Waals surface area contributed by atoms with E-state index < -0.39 is 12.1 Å². The van der Waals surface area contributed by atoms with Gasteiger partial charge in [0.15, 0.2) is 0 Å². The molecule has 1 saturated heterocycles. The molecule has 1 rings (SSSR count). The number of carboxylic acid groups (broad SMARTS) is 1. The number of hydrogen-bond acceptors (Lipinski definition) is 3. The maximum Gasteiger partial charge on any atom is 0.303 e. The van der Waals surface area contributed by atoms with Crippen molar-refractivity contribution in [2.24, 2.45) is 0 Å². The molecule has 0 amide bonds. The van der Waals surface area contributed by atoms with Gasteiger partial charge in [-0.05, 0) is 32.1 Å². The first-order valence-electron chi connectivity index (χ1n) is 8.52. The zero-order valence-corrected chi connectivity index (χ0v) is 13.6. The minimum absolute atomic E-state index is 0.0335. The van der Waals surface area contributed by atoms with Crippen LogP contribution in [0.4, 0.5) is 0 Å². The monoisotopic (exact) mass is 310 g/mol. The van der Waals surface area contributed by atoms with E-state index in [0.29, 0.717) is 0 Å². The Bertz CT molecular complexity index is 362. The smallest absolute Gasteiger partial charge is 0.303 e. The van der Waals surface area contributed by atoms with E-state index in [0.717, 1.165) is 51.4 Å². The zero-order valence-electron chi connectivity index (χ0n) is 13.6. The fourth-order valence-electron chi connectivity index (χ4n) is 2.46. The van der Waals surface area contributed by atoms with Gasteiger partial charge in [0.1, 0.15) is 12.2 Å². The minimum atomic E-state index is -0.706. The van der Waals surface area contributed by atoms with Crippen molar-refractivity contribution in [2.75, 3.05) is 0 Å². The average Bonchev–Trinajstić information content (AvgIpc) is 3.25.